The van der Waals surface area contributed by atoms with Crippen LogP contribution in [0.2, 0.25) is 0 Å². The molecule has 17 heavy (non-hydrogen) atoms. The highest BCUT2D eigenvalue weighted by atomic mass is 16.7. The van der Waals surface area contributed by atoms with E-state index in [4.69, 9.17) is 14.8 Å². The van der Waals surface area contributed by atoms with E-state index in [-0.39, 0.29) is 0 Å². The van der Waals surface area contributed by atoms with Crippen LogP contribution < -0.4 is 14.3 Å². The lowest BCUT2D eigenvalue weighted by Gasteiger charge is -2.00. The predicted molar refractivity (Wildman–Crippen MR) is 60.4 cm³/mol. The van der Waals surface area contributed by atoms with Crippen LogP contribution in [0.1, 0.15) is 5.56 Å². The Bertz CT molecular complexity index is 527. The third-order valence-electron chi connectivity index (χ3n) is 2.20. The zero-order chi connectivity index (χ0) is 12.1. The molecule has 0 aliphatic carbocycles. The fourth-order valence-corrected chi connectivity index (χ4v) is 1.31. The van der Waals surface area contributed by atoms with E-state index in [1.165, 1.54) is 4.73 Å². The van der Waals surface area contributed by atoms with E-state index in [9.17, 15) is 0 Å². The van der Waals surface area contributed by atoms with E-state index in [0.717, 1.165) is 5.75 Å². The van der Waals surface area contributed by atoms with Gasteiger partial charge >= 0.3 is 0 Å². The summed E-state index contributed by atoms with van der Waals surface area (Å²) < 4.78 is 6.58. The summed E-state index contributed by atoms with van der Waals surface area (Å²) in [4.78, 5) is 5.53. The van der Waals surface area contributed by atoms with Gasteiger partial charge in [-0.05, 0) is 24.3 Å². The zero-order valence-electron chi connectivity index (χ0n) is 9.33. The molecule has 0 atom stereocenters. The number of pyridine rings is 1. The molecule has 1 aromatic heterocycles. The van der Waals surface area contributed by atoms with Gasteiger partial charge in [-0.25, -0.2) is 4.84 Å². The van der Waals surface area contributed by atoms with Crippen molar-refractivity contribution >= 4 is 0 Å². The van der Waals surface area contributed by atoms with Crippen LogP contribution in [0, 0.1) is 11.3 Å². The lowest BCUT2D eigenvalue weighted by atomic mass is 10.3. The van der Waals surface area contributed by atoms with Crippen LogP contribution in [0.5, 0.6) is 11.5 Å². The zero-order valence-corrected chi connectivity index (χ0v) is 9.33. The SMILES string of the molecule is COc1ccc(O[n+]2ccc(C#N)cc2)cc1. The smallest absolute Gasteiger partial charge is 0.224 e. The van der Waals surface area contributed by atoms with Gasteiger partial charge in [0, 0.05) is 16.9 Å². The molecule has 0 radical (unpaired) electrons. The van der Waals surface area contributed by atoms with Gasteiger partial charge in [-0.2, -0.15) is 5.26 Å². The molecule has 0 saturated heterocycles. The Hall–Kier alpha value is -2.54. The molecule has 4 heteroatoms. The van der Waals surface area contributed by atoms with E-state index in [2.05, 4.69) is 0 Å². The molecule has 0 fully saturated rings. The Balaban J connectivity index is 2.11. The number of ether oxygens (including phenoxy) is 1. The molecule has 0 aliphatic rings. The summed E-state index contributed by atoms with van der Waals surface area (Å²) in [6.07, 6.45) is 3.37. The Morgan fingerprint density at radius 1 is 1.00 bits per heavy atom. The summed E-state index contributed by atoms with van der Waals surface area (Å²) in [6.45, 7) is 0. The normalized spacial score (nSPS) is 9.41. The van der Waals surface area contributed by atoms with Crippen LogP contribution in [0.4, 0.5) is 0 Å². The average molecular weight is 227 g/mol. The lowest BCUT2D eigenvalue weighted by molar-refractivity contribution is -0.875. The van der Waals surface area contributed by atoms with Gasteiger partial charge in [0.05, 0.1) is 18.7 Å². The van der Waals surface area contributed by atoms with Gasteiger partial charge in [-0.3, -0.25) is 0 Å². The summed E-state index contributed by atoms with van der Waals surface area (Å²) in [5.74, 6) is 1.47. The third-order valence-corrected chi connectivity index (χ3v) is 2.20. The summed E-state index contributed by atoms with van der Waals surface area (Å²) in [7, 11) is 1.62. The molecule has 0 spiro atoms. The quantitative estimate of drug-likeness (QED) is 0.750. The van der Waals surface area contributed by atoms with Gasteiger partial charge in [-0.15, -0.1) is 0 Å². The van der Waals surface area contributed by atoms with Gasteiger partial charge in [0.2, 0.25) is 18.1 Å². The molecule has 0 amide bonds. The first-order valence-electron chi connectivity index (χ1n) is 5.05. The monoisotopic (exact) mass is 227 g/mol. The first kappa shape index (κ1) is 11.0. The number of hydrogen-bond acceptors (Lipinski definition) is 3. The van der Waals surface area contributed by atoms with Crippen LogP contribution in [-0.2, 0) is 0 Å². The van der Waals surface area contributed by atoms with Crippen LogP contribution in [0.3, 0.4) is 0 Å². The van der Waals surface area contributed by atoms with Crippen molar-refractivity contribution in [3.63, 3.8) is 0 Å². The molecule has 2 aromatic rings. The van der Waals surface area contributed by atoms with E-state index in [1.807, 2.05) is 30.3 Å². The third kappa shape index (κ3) is 2.73. The summed E-state index contributed by atoms with van der Waals surface area (Å²) in [5.41, 5.74) is 0.597. The van der Waals surface area contributed by atoms with Crippen molar-refractivity contribution in [3.8, 4) is 17.6 Å². The fraction of sp³-hybridized carbons (Fsp3) is 0.0769. The van der Waals surface area contributed by atoms with Gasteiger partial charge in [-0.1, -0.05) is 0 Å². The minimum Gasteiger partial charge on any atom is -0.497 e. The van der Waals surface area contributed by atoms with Crippen molar-refractivity contribution in [1.29, 1.82) is 5.26 Å². The molecule has 2 rings (SSSR count). The molecule has 1 heterocycles. The first-order chi connectivity index (χ1) is 8.31. The van der Waals surface area contributed by atoms with Gasteiger partial charge in [0.1, 0.15) is 5.75 Å². The van der Waals surface area contributed by atoms with Crippen molar-refractivity contribution in [2.75, 3.05) is 7.11 Å². The average Bonchev–Trinajstić information content (AvgIpc) is 2.40. The van der Waals surface area contributed by atoms with Crippen LogP contribution >= 0.6 is 0 Å². The number of nitriles is 1. The van der Waals surface area contributed by atoms with Crippen molar-refractivity contribution in [2.45, 2.75) is 0 Å². The van der Waals surface area contributed by atoms with E-state index >= 15 is 0 Å². The fourth-order valence-electron chi connectivity index (χ4n) is 1.31. The Morgan fingerprint density at radius 2 is 1.59 bits per heavy atom. The number of methoxy groups -OCH3 is 1. The van der Waals surface area contributed by atoms with Crippen molar-refractivity contribution < 1.29 is 14.3 Å². The second-order valence-corrected chi connectivity index (χ2v) is 3.33. The van der Waals surface area contributed by atoms with Crippen molar-refractivity contribution in [1.82, 2.24) is 0 Å². The largest absolute Gasteiger partial charge is 0.497 e. The molecule has 0 aliphatic heterocycles. The number of rotatable bonds is 3. The topological polar surface area (TPSA) is 46.1 Å². The van der Waals surface area contributed by atoms with E-state index in [1.54, 1.807) is 31.6 Å². The second kappa shape index (κ2) is 4.99. The van der Waals surface area contributed by atoms with Crippen LogP contribution in [0.25, 0.3) is 0 Å². The molecule has 84 valence electrons. The maximum atomic E-state index is 8.66. The second-order valence-electron chi connectivity index (χ2n) is 3.33. The highest BCUT2D eigenvalue weighted by Crippen LogP contribution is 2.15. The number of nitrogens with zero attached hydrogens (tertiary/aromatic N) is 2. The van der Waals surface area contributed by atoms with Gasteiger partial charge in [0.25, 0.3) is 0 Å². The number of benzene rings is 1. The van der Waals surface area contributed by atoms with Crippen LogP contribution in [0.15, 0.2) is 48.8 Å². The van der Waals surface area contributed by atoms with Gasteiger partial charge in [0.15, 0.2) is 0 Å². The minimum absolute atomic E-state index is 0.597. The first-order valence-corrected chi connectivity index (χ1v) is 5.05. The Labute approximate surface area is 99.2 Å². The maximum Gasteiger partial charge on any atom is 0.224 e. The molecule has 4 nitrogen and oxygen atoms in total. The number of aromatic nitrogens is 1. The molecular weight excluding hydrogens is 216 g/mol. The molecular formula is C13H11N2O2+. The van der Waals surface area contributed by atoms with Crippen molar-refractivity contribution in [2.24, 2.45) is 0 Å². The summed E-state index contributed by atoms with van der Waals surface area (Å²) >= 11 is 0. The minimum atomic E-state index is 0.597. The maximum absolute atomic E-state index is 8.66. The van der Waals surface area contributed by atoms with Crippen molar-refractivity contribution in [3.05, 3.63) is 54.4 Å². The molecule has 0 unspecified atom stereocenters. The standard InChI is InChI=1S/C13H11N2O2/c1-16-12-2-4-13(5-3-12)17-15-8-6-11(10-14)7-9-15/h2-9H,1H3/q+1. The Kier molecular flexibility index (Phi) is 3.22. The number of hydrogen-bond donors (Lipinski definition) is 0. The van der Waals surface area contributed by atoms with Gasteiger partial charge < -0.3 is 4.74 Å². The summed E-state index contributed by atoms with van der Waals surface area (Å²) in [6, 6.07) is 12.7. The van der Waals surface area contributed by atoms with E-state index < -0.39 is 0 Å². The predicted octanol–water partition coefficient (Wildman–Crippen LogP) is 1.70. The summed E-state index contributed by atoms with van der Waals surface area (Å²) in [5, 5.41) is 8.66. The molecule has 0 bridgehead atoms. The molecule has 1 aromatic carbocycles. The molecule has 0 saturated carbocycles. The van der Waals surface area contributed by atoms with Crippen LogP contribution in [-0.4, -0.2) is 7.11 Å². The Morgan fingerprint density at radius 3 is 2.12 bits per heavy atom. The lowest BCUT2D eigenvalue weighted by Crippen LogP contribution is -2.38. The highest BCUT2D eigenvalue weighted by Gasteiger charge is 2.04. The van der Waals surface area contributed by atoms with E-state index in [0.29, 0.717) is 11.3 Å². The molecule has 0 N–H and O–H groups in total. The highest BCUT2D eigenvalue weighted by molar-refractivity contribution is 5.30.